The number of halogens is 1. The van der Waals surface area contributed by atoms with Gasteiger partial charge >= 0.3 is 0 Å². The van der Waals surface area contributed by atoms with Gasteiger partial charge in [-0.15, -0.1) is 0 Å². The average molecular weight is 491 g/mol. The van der Waals surface area contributed by atoms with E-state index < -0.39 is 5.82 Å². The number of pyridine rings is 1. The van der Waals surface area contributed by atoms with Gasteiger partial charge in [0.25, 0.3) is 5.91 Å². The van der Waals surface area contributed by atoms with E-state index in [1.807, 2.05) is 19.1 Å². The van der Waals surface area contributed by atoms with Crippen LogP contribution in [0.25, 0.3) is 27.5 Å². The summed E-state index contributed by atoms with van der Waals surface area (Å²) in [5.41, 5.74) is 4.59. The summed E-state index contributed by atoms with van der Waals surface area (Å²) < 4.78 is 17.1. The number of nitrogens with one attached hydrogen (secondary N) is 1. The fourth-order valence-electron chi connectivity index (χ4n) is 4.16. The smallest absolute Gasteiger partial charge is 0.253 e. The van der Waals surface area contributed by atoms with Crippen LogP contribution in [0, 0.1) is 5.82 Å². The van der Waals surface area contributed by atoms with Crippen molar-refractivity contribution in [1.82, 2.24) is 24.6 Å². The predicted molar refractivity (Wildman–Crippen MR) is 132 cm³/mol. The lowest BCUT2D eigenvalue weighted by atomic mass is 9.95. The molecule has 178 valence electrons. The van der Waals surface area contributed by atoms with Crippen LogP contribution in [0.4, 0.5) is 9.52 Å². The number of hydrogen-bond acceptors (Lipinski definition) is 6. The highest BCUT2D eigenvalue weighted by Crippen LogP contribution is 2.44. The van der Waals surface area contributed by atoms with Crippen molar-refractivity contribution in [2.75, 3.05) is 18.9 Å². The van der Waals surface area contributed by atoms with Crippen molar-refractivity contribution in [2.24, 2.45) is 0 Å². The Hall–Kier alpha value is -3.92. The third kappa shape index (κ3) is 4.10. The number of fused-ring (bicyclic) bond motifs is 3. The van der Waals surface area contributed by atoms with Gasteiger partial charge in [-0.25, -0.2) is 14.1 Å². The van der Waals surface area contributed by atoms with Crippen molar-refractivity contribution >= 4 is 28.3 Å². The van der Waals surface area contributed by atoms with Crippen molar-refractivity contribution in [3.63, 3.8) is 0 Å². The zero-order valence-corrected chi connectivity index (χ0v) is 20.3. The molecule has 0 saturated carbocycles. The summed E-state index contributed by atoms with van der Waals surface area (Å²) in [6.07, 6.45) is 4.76. The van der Waals surface area contributed by atoms with Crippen LogP contribution in [0.2, 0.25) is 0 Å². The SMILES string of the molecule is CCN(C)C(=O)c1ccc(-n2nc(-c3cccnc3)c3c2-c2sc(NC(C)=O)nc2CC3)c(F)c1. The molecule has 8 nitrogen and oxygen atoms in total. The molecule has 0 radical (unpaired) electrons. The first-order valence-electron chi connectivity index (χ1n) is 11.2. The zero-order valence-electron chi connectivity index (χ0n) is 19.5. The van der Waals surface area contributed by atoms with Crippen molar-refractivity contribution in [3.05, 3.63) is 65.4 Å². The zero-order chi connectivity index (χ0) is 24.7. The number of hydrogen-bond donors (Lipinski definition) is 1. The Balaban J connectivity index is 1.69. The molecule has 0 saturated heterocycles. The molecule has 3 heterocycles. The monoisotopic (exact) mass is 490 g/mol. The number of aromatic nitrogens is 4. The van der Waals surface area contributed by atoms with Gasteiger partial charge in [-0.1, -0.05) is 11.3 Å². The number of carbonyl (C=O) groups is 2. The molecule has 4 aromatic rings. The molecule has 1 aromatic carbocycles. The lowest BCUT2D eigenvalue weighted by Crippen LogP contribution is -2.26. The first kappa shape index (κ1) is 22.9. The maximum atomic E-state index is 15.5. The highest BCUT2D eigenvalue weighted by Gasteiger charge is 2.31. The normalized spacial score (nSPS) is 12.1. The number of nitrogens with zero attached hydrogens (tertiary/aromatic N) is 5. The van der Waals surface area contributed by atoms with Gasteiger partial charge in [0.15, 0.2) is 5.13 Å². The van der Waals surface area contributed by atoms with Crippen LogP contribution in [0.15, 0.2) is 42.7 Å². The molecule has 5 rings (SSSR count). The Morgan fingerprint density at radius 2 is 2.09 bits per heavy atom. The third-order valence-electron chi connectivity index (χ3n) is 5.97. The molecule has 10 heteroatoms. The second-order valence-electron chi connectivity index (χ2n) is 8.29. The molecule has 0 aliphatic heterocycles. The fraction of sp³-hybridized carbons (Fsp3) is 0.240. The van der Waals surface area contributed by atoms with Crippen LogP contribution in [0.3, 0.4) is 0 Å². The van der Waals surface area contributed by atoms with E-state index in [0.29, 0.717) is 24.5 Å². The number of benzene rings is 1. The van der Waals surface area contributed by atoms with Gasteiger partial charge in [0.2, 0.25) is 5.91 Å². The molecule has 1 aliphatic rings. The molecule has 0 spiro atoms. The first-order chi connectivity index (χ1) is 16.9. The van der Waals surface area contributed by atoms with Gasteiger partial charge in [-0.3, -0.25) is 14.6 Å². The Morgan fingerprint density at radius 3 is 2.77 bits per heavy atom. The maximum absolute atomic E-state index is 15.5. The number of amides is 2. The Kier molecular flexibility index (Phi) is 5.89. The second-order valence-corrected chi connectivity index (χ2v) is 9.29. The van der Waals surface area contributed by atoms with E-state index in [9.17, 15) is 9.59 Å². The Bertz CT molecular complexity index is 1450. The molecule has 3 aromatic heterocycles. The van der Waals surface area contributed by atoms with E-state index in [1.54, 1.807) is 36.3 Å². The largest absolute Gasteiger partial charge is 0.342 e. The summed E-state index contributed by atoms with van der Waals surface area (Å²) in [4.78, 5) is 35.3. The fourth-order valence-corrected chi connectivity index (χ4v) is 5.27. The van der Waals surface area contributed by atoms with Gasteiger partial charge in [0.1, 0.15) is 11.5 Å². The summed E-state index contributed by atoms with van der Waals surface area (Å²) in [7, 11) is 1.68. The molecule has 1 aliphatic carbocycles. The van der Waals surface area contributed by atoms with Crippen molar-refractivity contribution in [2.45, 2.75) is 26.7 Å². The predicted octanol–water partition coefficient (Wildman–Crippen LogP) is 4.35. The van der Waals surface area contributed by atoms with Crippen LogP contribution in [-0.2, 0) is 17.6 Å². The minimum absolute atomic E-state index is 0.204. The standard InChI is InChI=1S/C25H23FN6O2S/c1-4-31(3)24(34)15-7-10-20(18(26)12-15)32-22-17(21(30-32)16-6-5-11-27-13-16)8-9-19-23(22)35-25(29-19)28-14(2)33/h5-7,10-13H,4,8-9H2,1-3H3,(H,28,29,33). The van der Waals surface area contributed by atoms with Crippen molar-refractivity contribution in [1.29, 1.82) is 0 Å². The quantitative estimate of drug-likeness (QED) is 0.449. The average Bonchev–Trinajstić information content (AvgIpc) is 3.44. The Morgan fingerprint density at radius 1 is 1.26 bits per heavy atom. The van der Waals surface area contributed by atoms with E-state index in [4.69, 9.17) is 5.10 Å². The van der Waals surface area contributed by atoms with Crippen molar-refractivity contribution in [3.8, 4) is 27.5 Å². The van der Waals surface area contributed by atoms with Crippen molar-refractivity contribution < 1.29 is 14.0 Å². The molecule has 0 fully saturated rings. The summed E-state index contributed by atoms with van der Waals surface area (Å²) in [5, 5.41) is 8.07. The lowest BCUT2D eigenvalue weighted by molar-refractivity contribution is -0.114. The van der Waals surface area contributed by atoms with Crippen LogP contribution in [0.1, 0.15) is 35.5 Å². The van der Waals surface area contributed by atoms with Crippen LogP contribution < -0.4 is 5.32 Å². The number of rotatable bonds is 5. The molecule has 0 atom stereocenters. The molecule has 35 heavy (non-hydrogen) atoms. The minimum atomic E-state index is -0.554. The molecule has 1 N–H and O–H groups in total. The van der Waals surface area contributed by atoms with Gasteiger partial charge in [0.05, 0.1) is 22.0 Å². The van der Waals surface area contributed by atoms with Gasteiger partial charge in [0, 0.05) is 49.6 Å². The first-order valence-corrected chi connectivity index (χ1v) is 12.0. The highest BCUT2D eigenvalue weighted by molar-refractivity contribution is 7.19. The topological polar surface area (TPSA) is 93.0 Å². The number of aryl methyl sites for hydroxylation is 1. The number of carbonyl (C=O) groups excluding carboxylic acids is 2. The van der Waals surface area contributed by atoms with Gasteiger partial charge in [-0.2, -0.15) is 5.10 Å². The summed E-state index contributed by atoms with van der Waals surface area (Å²) in [6, 6.07) is 8.20. The number of thiazole rings is 1. The van der Waals surface area contributed by atoms with Gasteiger partial charge in [-0.05, 0) is 50.1 Å². The molecule has 0 bridgehead atoms. The molecule has 2 amide bonds. The van der Waals surface area contributed by atoms with Gasteiger partial charge < -0.3 is 10.2 Å². The summed E-state index contributed by atoms with van der Waals surface area (Å²) in [5.74, 6) is -1.01. The van der Waals surface area contributed by atoms with E-state index in [0.717, 1.165) is 33.1 Å². The third-order valence-corrected chi connectivity index (χ3v) is 6.99. The summed E-state index contributed by atoms with van der Waals surface area (Å²) in [6.45, 7) is 3.82. The maximum Gasteiger partial charge on any atom is 0.253 e. The number of anilines is 1. The minimum Gasteiger partial charge on any atom is -0.342 e. The lowest BCUT2D eigenvalue weighted by Gasteiger charge is -2.16. The van der Waals surface area contributed by atoms with E-state index in [2.05, 4.69) is 15.3 Å². The molecule has 0 unspecified atom stereocenters. The van der Waals surface area contributed by atoms with Crippen LogP contribution >= 0.6 is 11.3 Å². The van der Waals surface area contributed by atoms with E-state index in [-0.39, 0.29) is 23.1 Å². The molecular weight excluding hydrogens is 467 g/mol. The van der Waals surface area contributed by atoms with E-state index >= 15 is 4.39 Å². The van der Waals surface area contributed by atoms with Crippen LogP contribution in [-0.4, -0.2) is 50.1 Å². The highest BCUT2D eigenvalue weighted by atomic mass is 32.1. The van der Waals surface area contributed by atoms with Crippen LogP contribution in [0.5, 0.6) is 0 Å². The van der Waals surface area contributed by atoms with E-state index in [1.165, 1.54) is 29.2 Å². The summed E-state index contributed by atoms with van der Waals surface area (Å²) >= 11 is 1.34. The Labute approximate surface area is 205 Å². The second kappa shape index (κ2) is 9.03. The molecular formula is C25H23FN6O2S.